The minimum atomic E-state index is 0.604. The van der Waals surface area contributed by atoms with Crippen molar-refractivity contribution >= 4 is 17.1 Å². The number of fused-ring (bicyclic) bond motifs is 1. The van der Waals surface area contributed by atoms with Crippen LogP contribution in [0.25, 0.3) is 10.9 Å². The summed E-state index contributed by atoms with van der Waals surface area (Å²) in [4.78, 5) is 0. The van der Waals surface area contributed by atoms with Crippen LogP contribution < -0.4 is 4.74 Å². The van der Waals surface area contributed by atoms with E-state index in [9.17, 15) is 0 Å². The summed E-state index contributed by atoms with van der Waals surface area (Å²) in [7, 11) is 0. The molecule has 0 atom stereocenters. The summed E-state index contributed by atoms with van der Waals surface area (Å²) in [5, 5.41) is 13.1. The molecular weight excluding hydrogens is 350 g/mol. The van der Waals surface area contributed by atoms with Crippen LogP contribution in [0.15, 0.2) is 66.4 Å². The molecule has 0 aliphatic heterocycles. The highest BCUT2D eigenvalue weighted by atomic mass is 16.5. The molecule has 6 nitrogen and oxygen atoms in total. The van der Waals surface area contributed by atoms with E-state index in [1.54, 1.807) is 17.3 Å². The Morgan fingerprint density at radius 1 is 1.11 bits per heavy atom. The number of nitrogens with zero attached hydrogens (tertiary/aromatic N) is 5. The third-order valence-corrected chi connectivity index (χ3v) is 4.68. The smallest absolute Gasteiger partial charge is 0.141 e. The van der Waals surface area contributed by atoms with Gasteiger partial charge in [-0.15, -0.1) is 10.2 Å². The topological polar surface area (TPSA) is 57.2 Å². The first-order valence-electron chi connectivity index (χ1n) is 9.43. The SMILES string of the molecule is CCc1cc(C)cc(OCCn2cc(/C=N/n3cnnc3)c3ccccc32)c1. The van der Waals surface area contributed by atoms with E-state index in [0.717, 1.165) is 35.2 Å². The number of hydrogen-bond donors (Lipinski definition) is 0. The van der Waals surface area contributed by atoms with E-state index >= 15 is 0 Å². The van der Waals surface area contributed by atoms with E-state index in [2.05, 4.69) is 76.3 Å². The van der Waals surface area contributed by atoms with Gasteiger partial charge in [0.15, 0.2) is 0 Å². The summed E-state index contributed by atoms with van der Waals surface area (Å²) in [6.07, 6.45) is 8.08. The molecule has 0 aliphatic rings. The van der Waals surface area contributed by atoms with Gasteiger partial charge in [-0.2, -0.15) is 5.10 Å². The van der Waals surface area contributed by atoms with Gasteiger partial charge in [-0.25, -0.2) is 4.68 Å². The zero-order chi connectivity index (χ0) is 19.3. The average molecular weight is 373 g/mol. The van der Waals surface area contributed by atoms with Gasteiger partial charge >= 0.3 is 0 Å². The van der Waals surface area contributed by atoms with E-state index < -0.39 is 0 Å². The highest BCUT2D eigenvalue weighted by Crippen LogP contribution is 2.21. The van der Waals surface area contributed by atoms with Gasteiger partial charge in [-0.1, -0.05) is 31.2 Å². The molecule has 0 spiro atoms. The Balaban J connectivity index is 1.52. The summed E-state index contributed by atoms with van der Waals surface area (Å²) >= 11 is 0. The maximum Gasteiger partial charge on any atom is 0.141 e. The predicted molar refractivity (Wildman–Crippen MR) is 111 cm³/mol. The van der Waals surface area contributed by atoms with Gasteiger partial charge in [0.1, 0.15) is 25.0 Å². The van der Waals surface area contributed by atoms with Crippen molar-refractivity contribution in [2.24, 2.45) is 5.10 Å². The monoisotopic (exact) mass is 373 g/mol. The number of aromatic nitrogens is 4. The summed E-state index contributed by atoms with van der Waals surface area (Å²) in [5.74, 6) is 0.933. The maximum absolute atomic E-state index is 6.04. The summed E-state index contributed by atoms with van der Waals surface area (Å²) in [5.41, 5.74) is 4.74. The number of hydrogen-bond acceptors (Lipinski definition) is 4. The molecule has 4 rings (SSSR count). The number of aryl methyl sites for hydroxylation is 2. The molecule has 0 fully saturated rings. The standard InChI is InChI=1S/C22H23N5O/c1-3-18-10-17(2)11-20(12-18)28-9-8-26-14-19(13-25-27-15-23-24-16-27)21-6-4-5-7-22(21)26/h4-7,10-16H,3,8-9H2,1-2H3/b25-13+. The molecule has 2 aromatic carbocycles. The van der Waals surface area contributed by atoms with E-state index in [1.807, 2.05) is 12.3 Å². The molecule has 0 saturated carbocycles. The van der Waals surface area contributed by atoms with E-state index in [4.69, 9.17) is 4.74 Å². The summed E-state index contributed by atoms with van der Waals surface area (Å²) in [6, 6.07) is 14.7. The predicted octanol–water partition coefficient (Wildman–Crippen LogP) is 4.06. The van der Waals surface area contributed by atoms with Gasteiger partial charge < -0.3 is 9.30 Å². The van der Waals surface area contributed by atoms with Crippen LogP contribution in [0.1, 0.15) is 23.6 Å². The number of ether oxygens (including phenoxy) is 1. The van der Waals surface area contributed by atoms with Crippen LogP contribution in [0.5, 0.6) is 5.75 Å². The molecule has 0 N–H and O–H groups in total. The lowest BCUT2D eigenvalue weighted by molar-refractivity contribution is 0.300. The lowest BCUT2D eigenvalue weighted by Crippen LogP contribution is -2.07. The second kappa shape index (κ2) is 8.08. The zero-order valence-electron chi connectivity index (χ0n) is 16.1. The zero-order valence-corrected chi connectivity index (χ0v) is 16.1. The maximum atomic E-state index is 6.04. The first-order chi connectivity index (χ1) is 13.7. The number of para-hydroxylation sites is 1. The highest BCUT2D eigenvalue weighted by molar-refractivity contribution is 5.99. The van der Waals surface area contributed by atoms with Gasteiger partial charge in [-0.3, -0.25) is 0 Å². The minimum Gasteiger partial charge on any atom is -0.492 e. The van der Waals surface area contributed by atoms with Crippen LogP contribution in [0.4, 0.5) is 0 Å². The van der Waals surface area contributed by atoms with Crippen LogP contribution >= 0.6 is 0 Å². The molecule has 142 valence electrons. The summed E-state index contributed by atoms with van der Waals surface area (Å²) in [6.45, 7) is 5.63. The molecule has 28 heavy (non-hydrogen) atoms. The fourth-order valence-corrected chi connectivity index (χ4v) is 3.32. The Kier molecular flexibility index (Phi) is 5.19. The minimum absolute atomic E-state index is 0.604. The van der Waals surface area contributed by atoms with E-state index in [-0.39, 0.29) is 0 Å². The highest BCUT2D eigenvalue weighted by Gasteiger charge is 2.07. The molecular formula is C22H23N5O. The van der Waals surface area contributed by atoms with Crippen LogP contribution in [0.2, 0.25) is 0 Å². The van der Waals surface area contributed by atoms with Gasteiger partial charge in [0.25, 0.3) is 0 Å². The van der Waals surface area contributed by atoms with Crippen molar-refractivity contribution in [3.8, 4) is 5.75 Å². The van der Waals surface area contributed by atoms with Crippen molar-refractivity contribution in [2.75, 3.05) is 6.61 Å². The first kappa shape index (κ1) is 18.0. The van der Waals surface area contributed by atoms with Crippen molar-refractivity contribution in [2.45, 2.75) is 26.8 Å². The Morgan fingerprint density at radius 3 is 2.75 bits per heavy atom. The largest absolute Gasteiger partial charge is 0.492 e. The fourth-order valence-electron chi connectivity index (χ4n) is 3.32. The molecule has 0 amide bonds. The van der Waals surface area contributed by atoms with Crippen molar-refractivity contribution in [3.05, 3.63) is 78.0 Å². The lowest BCUT2D eigenvalue weighted by atomic mass is 10.1. The van der Waals surface area contributed by atoms with Crippen LogP contribution in [-0.2, 0) is 13.0 Å². The Labute approximate surface area is 164 Å². The Bertz CT molecular complexity index is 1100. The molecule has 2 aromatic heterocycles. The van der Waals surface area contributed by atoms with Crippen molar-refractivity contribution in [1.82, 2.24) is 19.4 Å². The lowest BCUT2D eigenvalue weighted by Gasteiger charge is -2.10. The molecule has 0 unspecified atom stereocenters. The van der Waals surface area contributed by atoms with Gasteiger partial charge in [0.05, 0.1) is 12.8 Å². The average Bonchev–Trinajstić information content (AvgIpc) is 3.34. The molecule has 0 saturated heterocycles. The van der Waals surface area contributed by atoms with E-state index in [1.165, 1.54) is 11.1 Å². The fraction of sp³-hybridized carbons (Fsp3) is 0.227. The van der Waals surface area contributed by atoms with Gasteiger partial charge in [-0.05, 0) is 42.7 Å². The molecule has 0 bridgehead atoms. The van der Waals surface area contributed by atoms with Crippen LogP contribution in [0, 0.1) is 6.92 Å². The Morgan fingerprint density at radius 2 is 1.93 bits per heavy atom. The van der Waals surface area contributed by atoms with Crippen molar-refractivity contribution < 1.29 is 4.74 Å². The van der Waals surface area contributed by atoms with Crippen molar-refractivity contribution in [3.63, 3.8) is 0 Å². The second-order valence-corrected chi connectivity index (χ2v) is 6.74. The quantitative estimate of drug-likeness (QED) is 0.459. The number of benzene rings is 2. The summed E-state index contributed by atoms with van der Waals surface area (Å²) < 4.78 is 9.82. The third-order valence-electron chi connectivity index (χ3n) is 4.68. The molecule has 0 radical (unpaired) electrons. The molecule has 4 aromatic rings. The normalized spacial score (nSPS) is 11.5. The van der Waals surface area contributed by atoms with Crippen molar-refractivity contribution in [1.29, 1.82) is 0 Å². The first-order valence-corrected chi connectivity index (χ1v) is 9.43. The molecule has 0 aliphatic carbocycles. The van der Waals surface area contributed by atoms with Crippen LogP contribution in [0.3, 0.4) is 0 Å². The molecule has 2 heterocycles. The van der Waals surface area contributed by atoms with Gasteiger partial charge in [0.2, 0.25) is 0 Å². The molecule has 6 heteroatoms. The van der Waals surface area contributed by atoms with E-state index in [0.29, 0.717) is 6.61 Å². The Hall–Kier alpha value is -3.41. The second-order valence-electron chi connectivity index (χ2n) is 6.74. The third kappa shape index (κ3) is 3.96. The number of rotatable bonds is 7. The van der Waals surface area contributed by atoms with Gasteiger partial charge in [0, 0.05) is 22.7 Å². The van der Waals surface area contributed by atoms with Crippen LogP contribution in [-0.4, -0.2) is 32.3 Å².